The summed E-state index contributed by atoms with van der Waals surface area (Å²) in [6.07, 6.45) is 14.9. The maximum absolute atomic E-state index is 4.45. The van der Waals surface area contributed by atoms with Crippen LogP contribution in [-0.2, 0) is 0 Å². The highest BCUT2D eigenvalue weighted by atomic mass is 79.9. The van der Waals surface area contributed by atoms with Crippen LogP contribution in [0.5, 0.6) is 0 Å². The highest BCUT2D eigenvalue weighted by Crippen LogP contribution is 2.68. The van der Waals surface area contributed by atoms with Crippen LogP contribution in [0, 0.1) is 46.3 Å². The zero-order chi connectivity index (χ0) is 17.8. The fraction of sp³-hybridized carbons (Fsp3) is 0.917. The Balaban J connectivity index is 1.57. The maximum atomic E-state index is 4.45. The molecule has 0 bridgehead atoms. The quantitative estimate of drug-likeness (QED) is 0.333. The van der Waals surface area contributed by atoms with Crippen molar-refractivity contribution in [1.29, 1.82) is 0 Å². The van der Waals surface area contributed by atoms with E-state index in [9.17, 15) is 0 Å². The van der Waals surface area contributed by atoms with Gasteiger partial charge in [-0.2, -0.15) is 0 Å². The van der Waals surface area contributed by atoms with E-state index < -0.39 is 0 Å². The highest BCUT2D eigenvalue weighted by molar-refractivity contribution is 9.09. The summed E-state index contributed by atoms with van der Waals surface area (Å²) in [7, 11) is 0. The molecule has 4 fully saturated rings. The second-order valence-electron chi connectivity index (χ2n) is 10.7. The van der Waals surface area contributed by atoms with Crippen molar-refractivity contribution in [3.63, 3.8) is 0 Å². The van der Waals surface area contributed by atoms with Gasteiger partial charge in [-0.15, -0.1) is 0 Å². The SMILES string of the molecule is C=C(CBr)[C@H]1CCC2C3CC[C@H]4C[C@@H](CC)CC[C@]4(C)C3CC[C@@]21C. The highest BCUT2D eigenvalue weighted by Gasteiger charge is 2.60. The van der Waals surface area contributed by atoms with Crippen molar-refractivity contribution in [3.05, 3.63) is 12.2 Å². The van der Waals surface area contributed by atoms with E-state index in [0.717, 1.165) is 40.8 Å². The number of halogens is 1. The normalized spacial score (nSPS) is 52.2. The van der Waals surface area contributed by atoms with Crippen molar-refractivity contribution in [1.82, 2.24) is 0 Å². The van der Waals surface area contributed by atoms with Gasteiger partial charge in [0.15, 0.2) is 0 Å². The zero-order valence-corrected chi connectivity index (χ0v) is 18.4. The largest absolute Gasteiger partial charge is 0.0987 e. The first-order valence-electron chi connectivity index (χ1n) is 11.2. The van der Waals surface area contributed by atoms with Crippen LogP contribution in [0.2, 0.25) is 0 Å². The summed E-state index contributed by atoms with van der Waals surface area (Å²) in [5.41, 5.74) is 2.70. The summed E-state index contributed by atoms with van der Waals surface area (Å²) in [4.78, 5) is 0. The number of hydrogen-bond donors (Lipinski definition) is 0. The molecule has 8 atom stereocenters. The molecule has 4 saturated carbocycles. The molecule has 1 heteroatoms. The standard InChI is InChI=1S/C24H39Br/c1-5-17-10-12-23(3)18(14-17)6-7-19-21-9-8-20(16(2)15-25)24(21,4)13-11-22(19)23/h17-22H,2,5-15H2,1,3-4H3/t17-,18-,19?,20+,21?,22?,23-,24+/m0/s1. The van der Waals surface area contributed by atoms with Gasteiger partial charge in [-0.05, 0) is 104 Å². The Bertz CT molecular complexity index is 524. The van der Waals surface area contributed by atoms with Gasteiger partial charge < -0.3 is 0 Å². The molecule has 0 aromatic carbocycles. The third kappa shape index (κ3) is 2.73. The van der Waals surface area contributed by atoms with Crippen LogP contribution in [0.4, 0.5) is 0 Å². The lowest BCUT2D eigenvalue weighted by Crippen LogP contribution is -2.53. The smallest absolute Gasteiger partial charge is 0.0242 e. The Hall–Kier alpha value is 0.220. The first-order valence-corrected chi connectivity index (χ1v) is 12.3. The summed E-state index contributed by atoms with van der Waals surface area (Å²) < 4.78 is 0. The molecule has 0 radical (unpaired) electrons. The first kappa shape index (κ1) is 18.6. The van der Waals surface area contributed by atoms with Crippen LogP contribution >= 0.6 is 15.9 Å². The van der Waals surface area contributed by atoms with Gasteiger partial charge >= 0.3 is 0 Å². The summed E-state index contributed by atoms with van der Waals surface area (Å²) >= 11 is 3.70. The second kappa shape index (κ2) is 6.68. The van der Waals surface area contributed by atoms with E-state index >= 15 is 0 Å². The summed E-state index contributed by atoms with van der Waals surface area (Å²) in [5, 5.41) is 1.01. The average Bonchev–Trinajstić information content (AvgIpc) is 2.97. The molecular weight excluding hydrogens is 368 g/mol. The summed E-state index contributed by atoms with van der Waals surface area (Å²) in [6.45, 7) is 12.2. The Morgan fingerprint density at radius 2 is 1.68 bits per heavy atom. The molecule has 0 spiro atoms. The summed E-state index contributed by atoms with van der Waals surface area (Å²) in [6, 6.07) is 0. The molecule has 0 heterocycles. The van der Waals surface area contributed by atoms with Crippen molar-refractivity contribution in [2.75, 3.05) is 5.33 Å². The molecule has 0 aliphatic heterocycles. The van der Waals surface area contributed by atoms with Gasteiger partial charge in [0.05, 0.1) is 0 Å². The predicted octanol–water partition coefficient (Wildman–Crippen LogP) is 7.62. The van der Waals surface area contributed by atoms with Crippen molar-refractivity contribution in [2.45, 2.75) is 85.0 Å². The van der Waals surface area contributed by atoms with E-state index in [0.29, 0.717) is 10.8 Å². The maximum Gasteiger partial charge on any atom is 0.0242 e. The molecule has 25 heavy (non-hydrogen) atoms. The fourth-order valence-corrected chi connectivity index (χ4v) is 8.87. The van der Waals surface area contributed by atoms with Crippen LogP contribution in [-0.4, -0.2) is 5.33 Å². The van der Waals surface area contributed by atoms with Crippen LogP contribution in [0.3, 0.4) is 0 Å². The van der Waals surface area contributed by atoms with E-state index in [1.165, 1.54) is 63.4 Å². The van der Waals surface area contributed by atoms with Gasteiger partial charge in [-0.25, -0.2) is 0 Å². The van der Waals surface area contributed by atoms with Crippen LogP contribution in [0.1, 0.15) is 85.0 Å². The lowest BCUT2D eigenvalue weighted by atomic mass is 9.44. The van der Waals surface area contributed by atoms with Gasteiger partial charge in [0.2, 0.25) is 0 Å². The van der Waals surface area contributed by atoms with Crippen LogP contribution < -0.4 is 0 Å². The van der Waals surface area contributed by atoms with Crippen molar-refractivity contribution in [3.8, 4) is 0 Å². The molecule has 0 aromatic heterocycles. The minimum atomic E-state index is 0.551. The molecule has 4 rings (SSSR count). The Morgan fingerprint density at radius 3 is 2.40 bits per heavy atom. The number of fused-ring (bicyclic) bond motifs is 5. The lowest BCUT2D eigenvalue weighted by molar-refractivity contribution is -0.116. The van der Waals surface area contributed by atoms with Gasteiger partial charge in [0.25, 0.3) is 0 Å². The van der Waals surface area contributed by atoms with E-state index in [4.69, 9.17) is 0 Å². The molecule has 142 valence electrons. The van der Waals surface area contributed by atoms with Crippen molar-refractivity contribution in [2.24, 2.45) is 46.3 Å². The minimum absolute atomic E-state index is 0.551. The van der Waals surface area contributed by atoms with E-state index in [1.54, 1.807) is 6.42 Å². The Kier molecular flexibility index (Phi) is 4.96. The van der Waals surface area contributed by atoms with Crippen molar-refractivity contribution >= 4 is 15.9 Å². The summed E-state index contributed by atoms with van der Waals surface area (Å²) in [5.74, 6) is 5.87. The van der Waals surface area contributed by atoms with Gasteiger partial charge in [0, 0.05) is 5.33 Å². The average molecular weight is 407 g/mol. The zero-order valence-electron chi connectivity index (χ0n) is 16.8. The molecule has 0 aromatic rings. The van der Waals surface area contributed by atoms with E-state index in [-0.39, 0.29) is 0 Å². The van der Waals surface area contributed by atoms with Gasteiger partial charge in [-0.1, -0.05) is 55.3 Å². The third-order valence-corrected chi connectivity index (χ3v) is 10.7. The third-order valence-electron chi connectivity index (χ3n) is 10.0. The van der Waals surface area contributed by atoms with Crippen LogP contribution in [0.25, 0.3) is 0 Å². The second-order valence-corrected chi connectivity index (χ2v) is 11.2. The van der Waals surface area contributed by atoms with E-state index in [2.05, 4.69) is 43.3 Å². The van der Waals surface area contributed by atoms with Gasteiger partial charge in [0.1, 0.15) is 0 Å². The first-order chi connectivity index (χ1) is 11.9. The molecule has 0 amide bonds. The Labute approximate surface area is 164 Å². The van der Waals surface area contributed by atoms with Crippen molar-refractivity contribution < 1.29 is 0 Å². The molecule has 4 aliphatic carbocycles. The lowest BCUT2D eigenvalue weighted by Gasteiger charge is -2.61. The monoisotopic (exact) mass is 406 g/mol. The predicted molar refractivity (Wildman–Crippen MR) is 112 cm³/mol. The number of allylic oxidation sites excluding steroid dienone is 1. The molecular formula is C24H39Br. The molecule has 0 nitrogen and oxygen atoms in total. The topological polar surface area (TPSA) is 0 Å². The number of rotatable bonds is 3. The minimum Gasteiger partial charge on any atom is -0.0987 e. The van der Waals surface area contributed by atoms with Crippen LogP contribution in [0.15, 0.2) is 12.2 Å². The van der Waals surface area contributed by atoms with E-state index in [1.807, 2.05) is 0 Å². The Morgan fingerprint density at radius 1 is 0.960 bits per heavy atom. The van der Waals surface area contributed by atoms with Gasteiger partial charge in [-0.3, -0.25) is 0 Å². The molecule has 0 saturated heterocycles. The molecule has 4 aliphatic rings. The fourth-order valence-electron chi connectivity index (χ4n) is 8.48. The number of alkyl halides is 1. The molecule has 0 N–H and O–H groups in total. The number of hydrogen-bond acceptors (Lipinski definition) is 0. The molecule has 3 unspecified atom stereocenters.